The summed E-state index contributed by atoms with van der Waals surface area (Å²) in [5.41, 5.74) is 4.75. The number of fused-ring (bicyclic) bond motifs is 1. The highest BCUT2D eigenvalue weighted by Crippen LogP contribution is 2.18. The molecule has 0 aliphatic heterocycles. The van der Waals surface area contributed by atoms with E-state index >= 15 is 0 Å². The highest BCUT2D eigenvalue weighted by atomic mass is 14.8. The topological polar surface area (TPSA) is 38.7 Å². The van der Waals surface area contributed by atoms with Crippen molar-refractivity contribution in [3.05, 3.63) is 54.5 Å². The molecule has 0 atom stereocenters. The lowest BCUT2D eigenvalue weighted by molar-refractivity contribution is 1.19. The van der Waals surface area contributed by atoms with E-state index < -0.39 is 0 Å². The first kappa shape index (κ1) is 9.90. The minimum absolute atomic E-state index is 0.884. The molecule has 3 nitrogen and oxygen atoms in total. The summed E-state index contributed by atoms with van der Waals surface area (Å²) in [5.74, 6) is 0. The third-order valence-corrected chi connectivity index (χ3v) is 2.64. The van der Waals surface area contributed by atoms with Crippen molar-refractivity contribution in [2.75, 3.05) is 0 Å². The van der Waals surface area contributed by atoms with E-state index in [2.05, 4.69) is 15.0 Å². The molecule has 0 saturated carbocycles. The fraction of sp³-hybridized carbons (Fsp3) is 0.0714. The second-order valence-corrected chi connectivity index (χ2v) is 3.93. The Labute approximate surface area is 99.2 Å². The number of nitrogens with zero attached hydrogens (tertiary/aromatic N) is 3. The van der Waals surface area contributed by atoms with Crippen molar-refractivity contribution in [3.63, 3.8) is 0 Å². The average Bonchev–Trinajstić information content (AvgIpc) is 2.38. The predicted octanol–water partition coefficient (Wildman–Crippen LogP) is 3.00. The van der Waals surface area contributed by atoms with Gasteiger partial charge in [0.1, 0.15) is 0 Å². The van der Waals surface area contributed by atoms with Crippen LogP contribution in [0, 0.1) is 6.92 Å². The number of hydrogen-bond donors (Lipinski definition) is 0. The molecule has 82 valence electrons. The molecule has 2 heterocycles. The first-order valence-electron chi connectivity index (χ1n) is 5.48. The summed E-state index contributed by atoms with van der Waals surface area (Å²) in [7, 11) is 0. The van der Waals surface area contributed by atoms with Crippen molar-refractivity contribution in [2.24, 2.45) is 0 Å². The van der Waals surface area contributed by atoms with Crippen LogP contribution in [0.3, 0.4) is 0 Å². The van der Waals surface area contributed by atoms with Crippen LogP contribution in [-0.2, 0) is 0 Å². The molecule has 0 amide bonds. The summed E-state index contributed by atoms with van der Waals surface area (Å²) in [5, 5.41) is 0. The molecule has 0 aliphatic rings. The van der Waals surface area contributed by atoms with Gasteiger partial charge in [0.15, 0.2) is 0 Å². The van der Waals surface area contributed by atoms with E-state index in [1.165, 1.54) is 0 Å². The van der Waals surface area contributed by atoms with Gasteiger partial charge in [-0.1, -0.05) is 12.1 Å². The summed E-state index contributed by atoms with van der Waals surface area (Å²) in [6.45, 7) is 1.97. The highest BCUT2D eigenvalue weighted by Gasteiger charge is 2.02. The van der Waals surface area contributed by atoms with Crippen LogP contribution in [0.4, 0.5) is 0 Å². The molecule has 1 aromatic carbocycles. The van der Waals surface area contributed by atoms with Crippen LogP contribution in [-0.4, -0.2) is 15.0 Å². The summed E-state index contributed by atoms with van der Waals surface area (Å²) >= 11 is 0. The Hall–Kier alpha value is -2.29. The van der Waals surface area contributed by atoms with E-state index in [9.17, 15) is 0 Å². The zero-order valence-electron chi connectivity index (χ0n) is 9.46. The molecule has 0 bridgehead atoms. The number of aromatic nitrogens is 3. The molecule has 3 heteroatoms. The number of aryl methyl sites for hydroxylation is 1. The van der Waals surface area contributed by atoms with Crippen molar-refractivity contribution >= 4 is 11.0 Å². The number of hydrogen-bond acceptors (Lipinski definition) is 3. The van der Waals surface area contributed by atoms with E-state index in [1.807, 2.05) is 43.3 Å². The Kier molecular flexibility index (Phi) is 2.29. The van der Waals surface area contributed by atoms with Gasteiger partial charge in [0.2, 0.25) is 0 Å². The molecule has 0 N–H and O–H groups in total. The van der Waals surface area contributed by atoms with Crippen LogP contribution in [0.25, 0.3) is 22.3 Å². The van der Waals surface area contributed by atoms with Gasteiger partial charge < -0.3 is 0 Å². The molecule has 0 fully saturated rings. The van der Waals surface area contributed by atoms with Crippen molar-refractivity contribution in [2.45, 2.75) is 6.92 Å². The quantitative estimate of drug-likeness (QED) is 0.634. The maximum atomic E-state index is 4.60. The minimum Gasteiger partial charge on any atom is -0.262 e. The largest absolute Gasteiger partial charge is 0.262 e. The van der Waals surface area contributed by atoms with Gasteiger partial charge in [-0.2, -0.15) is 0 Å². The number of rotatable bonds is 1. The monoisotopic (exact) mass is 221 g/mol. The summed E-state index contributed by atoms with van der Waals surface area (Å²) < 4.78 is 0. The van der Waals surface area contributed by atoms with Crippen molar-refractivity contribution in [1.29, 1.82) is 0 Å². The number of pyridine rings is 1. The highest BCUT2D eigenvalue weighted by molar-refractivity contribution is 5.76. The molecule has 2 aromatic heterocycles. The molecule has 0 aliphatic carbocycles. The Balaban J connectivity index is 2.18. The van der Waals surface area contributed by atoms with Crippen LogP contribution in [0.15, 0.2) is 48.8 Å². The SMILES string of the molecule is Cc1cc(-c2cnc3ccccc3n2)ccn1. The van der Waals surface area contributed by atoms with Crippen LogP contribution >= 0.6 is 0 Å². The lowest BCUT2D eigenvalue weighted by Gasteiger charge is -2.02. The fourth-order valence-corrected chi connectivity index (χ4v) is 1.80. The maximum Gasteiger partial charge on any atom is 0.0894 e. The van der Waals surface area contributed by atoms with E-state index in [1.54, 1.807) is 12.4 Å². The van der Waals surface area contributed by atoms with Crippen LogP contribution in [0.5, 0.6) is 0 Å². The summed E-state index contributed by atoms with van der Waals surface area (Å²) in [6.07, 6.45) is 3.60. The molecular weight excluding hydrogens is 210 g/mol. The smallest absolute Gasteiger partial charge is 0.0894 e. The molecule has 0 unspecified atom stereocenters. The third kappa shape index (κ3) is 1.87. The predicted molar refractivity (Wildman–Crippen MR) is 67.5 cm³/mol. The molecular formula is C14H11N3. The molecule has 17 heavy (non-hydrogen) atoms. The summed E-state index contributed by atoms with van der Waals surface area (Å²) in [6, 6.07) is 11.8. The van der Waals surface area contributed by atoms with Gasteiger partial charge in [-0.25, -0.2) is 4.98 Å². The molecule has 0 saturated heterocycles. The van der Waals surface area contributed by atoms with E-state index in [-0.39, 0.29) is 0 Å². The minimum atomic E-state index is 0.884. The third-order valence-electron chi connectivity index (χ3n) is 2.64. The second kappa shape index (κ2) is 3.94. The lowest BCUT2D eigenvalue weighted by atomic mass is 10.1. The fourth-order valence-electron chi connectivity index (χ4n) is 1.80. The van der Waals surface area contributed by atoms with Gasteiger partial charge in [0.05, 0.1) is 22.9 Å². The Morgan fingerprint density at radius 1 is 0.941 bits per heavy atom. The normalized spacial score (nSPS) is 10.6. The maximum absolute atomic E-state index is 4.60. The van der Waals surface area contributed by atoms with Gasteiger partial charge in [-0.15, -0.1) is 0 Å². The Bertz CT molecular complexity index is 677. The van der Waals surface area contributed by atoms with Gasteiger partial charge in [-0.3, -0.25) is 9.97 Å². The van der Waals surface area contributed by atoms with E-state index in [0.29, 0.717) is 0 Å². The first-order chi connectivity index (χ1) is 8.33. The van der Waals surface area contributed by atoms with Crippen LogP contribution < -0.4 is 0 Å². The van der Waals surface area contributed by atoms with E-state index in [4.69, 9.17) is 0 Å². The van der Waals surface area contributed by atoms with E-state index in [0.717, 1.165) is 28.0 Å². The Morgan fingerprint density at radius 2 is 1.76 bits per heavy atom. The molecule has 3 aromatic rings. The van der Waals surface area contributed by atoms with Crippen molar-refractivity contribution in [3.8, 4) is 11.3 Å². The standard InChI is InChI=1S/C14H11N3/c1-10-8-11(6-7-15-10)14-9-16-12-4-2-3-5-13(12)17-14/h2-9H,1H3. The van der Waals surface area contributed by atoms with Crippen molar-refractivity contribution in [1.82, 2.24) is 15.0 Å². The second-order valence-electron chi connectivity index (χ2n) is 3.93. The average molecular weight is 221 g/mol. The zero-order chi connectivity index (χ0) is 11.7. The van der Waals surface area contributed by atoms with Gasteiger partial charge in [0.25, 0.3) is 0 Å². The number of benzene rings is 1. The van der Waals surface area contributed by atoms with Gasteiger partial charge in [0, 0.05) is 17.5 Å². The molecule has 0 spiro atoms. The van der Waals surface area contributed by atoms with Gasteiger partial charge >= 0.3 is 0 Å². The zero-order valence-corrected chi connectivity index (χ0v) is 9.46. The molecule has 3 rings (SSSR count). The van der Waals surface area contributed by atoms with Crippen LogP contribution in [0.2, 0.25) is 0 Å². The Morgan fingerprint density at radius 3 is 2.59 bits per heavy atom. The molecule has 0 radical (unpaired) electrons. The van der Waals surface area contributed by atoms with Gasteiger partial charge in [-0.05, 0) is 31.2 Å². The first-order valence-corrected chi connectivity index (χ1v) is 5.48. The summed E-state index contributed by atoms with van der Waals surface area (Å²) in [4.78, 5) is 13.2. The number of para-hydroxylation sites is 2. The lowest BCUT2D eigenvalue weighted by Crippen LogP contribution is -1.89. The van der Waals surface area contributed by atoms with Crippen LogP contribution in [0.1, 0.15) is 5.69 Å². The van der Waals surface area contributed by atoms with Crippen molar-refractivity contribution < 1.29 is 0 Å².